The molecule has 0 aromatic heterocycles. The van der Waals surface area contributed by atoms with Gasteiger partial charge in [0.2, 0.25) is 0 Å². The largest absolute Gasteiger partial charge is 0.0533 e. The smallest absolute Gasteiger partial charge is 0.0409 e. The van der Waals surface area contributed by atoms with Crippen LogP contribution in [0.2, 0.25) is 0 Å². The third kappa shape index (κ3) is 4.50. The molecule has 3 rings (SSSR count). The highest BCUT2D eigenvalue weighted by Gasteiger charge is 2.27. The van der Waals surface area contributed by atoms with Crippen molar-refractivity contribution in [2.24, 2.45) is 23.7 Å². The highest BCUT2D eigenvalue weighted by molar-refractivity contribution is 4.79. The topological polar surface area (TPSA) is 0 Å². The maximum absolute atomic E-state index is 1.60. The fourth-order valence-corrected chi connectivity index (χ4v) is 5.62. The van der Waals surface area contributed by atoms with E-state index < -0.39 is 0 Å². The monoisotopic (exact) mass is 276 g/mol. The van der Waals surface area contributed by atoms with Crippen molar-refractivity contribution in [3.8, 4) is 0 Å². The van der Waals surface area contributed by atoms with Crippen LogP contribution in [0.5, 0.6) is 0 Å². The van der Waals surface area contributed by atoms with Gasteiger partial charge < -0.3 is 0 Å². The first kappa shape index (κ1) is 14.9. The summed E-state index contributed by atoms with van der Waals surface area (Å²) in [5, 5.41) is 0. The molecule has 3 saturated carbocycles. The van der Waals surface area contributed by atoms with Crippen LogP contribution in [0, 0.1) is 23.7 Å². The molecule has 0 amide bonds. The Hall–Kier alpha value is 0. The first-order valence-corrected chi connectivity index (χ1v) is 9.90. The normalized spacial score (nSPS) is 34.2. The zero-order valence-corrected chi connectivity index (χ0v) is 13.6. The van der Waals surface area contributed by atoms with Gasteiger partial charge >= 0.3 is 0 Å². The van der Waals surface area contributed by atoms with Crippen molar-refractivity contribution in [2.45, 2.75) is 103 Å². The third-order valence-electron chi connectivity index (χ3n) is 6.67. The molecular weight excluding hydrogens is 240 g/mol. The highest BCUT2D eigenvalue weighted by Crippen LogP contribution is 2.41. The number of rotatable bonds is 4. The molecule has 0 nitrogen and oxygen atoms in total. The van der Waals surface area contributed by atoms with Crippen LogP contribution >= 0.6 is 0 Å². The van der Waals surface area contributed by atoms with Gasteiger partial charge in [-0.25, -0.2) is 0 Å². The minimum Gasteiger partial charge on any atom is -0.0533 e. The summed E-state index contributed by atoms with van der Waals surface area (Å²) in [6, 6.07) is 0. The first-order chi connectivity index (χ1) is 9.90. The minimum absolute atomic E-state index is 1.11. The highest BCUT2D eigenvalue weighted by atomic mass is 14.3. The van der Waals surface area contributed by atoms with Gasteiger partial charge in [0.25, 0.3) is 0 Å². The molecular formula is C20H36. The Morgan fingerprint density at radius 3 is 1.25 bits per heavy atom. The fourth-order valence-electron chi connectivity index (χ4n) is 5.62. The Bertz CT molecular complexity index is 231. The van der Waals surface area contributed by atoms with Crippen molar-refractivity contribution < 1.29 is 0 Å². The van der Waals surface area contributed by atoms with Gasteiger partial charge in [0.15, 0.2) is 0 Å². The average molecular weight is 277 g/mol. The SMILES string of the molecule is C1CCC(CC2CCCC(CC3CCCCC3)C2)CC1. The van der Waals surface area contributed by atoms with E-state index in [1.54, 1.807) is 64.2 Å². The molecule has 2 unspecified atom stereocenters. The molecule has 3 fully saturated rings. The van der Waals surface area contributed by atoms with Crippen molar-refractivity contribution in [1.82, 2.24) is 0 Å². The molecule has 116 valence electrons. The molecule has 0 heteroatoms. The standard InChI is InChI=1S/C20H36/c1-3-8-17(9-4-1)14-19-12-7-13-20(16-19)15-18-10-5-2-6-11-18/h17-20H,1-16H2. The van der Waals surface area contributed by atoms with Gasteiger partial charge in [-0.3, -0.25) is 0 Å². The van der Waals surface area contributed by atoms with Crippen molar-refractivity contribution in [1.29, 1.82) is 0 Å². The van der Waals surface area contributed by atoms with Crippen LogP contribution in [0.1, 0.15) is 103 Å². The van der Waals surface area contributed by atoms with Crippen molar-refractivity contribution in [2.75, 3.05) is 0 Å². The maximum atomic E-state index is 1.60. The van der Waals surface area contributed by atoms with Gasteiger partial charge in [-0.2, -0.15) is 0 Å². The quantitative estimate of drug-likeness (QED) is 0.533. The summed E-state index contributed by atoms with van der Waals surface area (Å²) in [5.41, 5.74) is 0. The van der Waals surface area contributed by atoms with E-state index in [-0.39, 0.29) is 0 Å². The molecule has 0 radical (unpaired) electrons. The predicted molar refractivity (Wildman–Crippen MR) is 87.8 cm³/mol. The van der Waals surface area contributed by atoms with E-state index in [1.165, 1.54) is 38.5 Å². The van der Waals surface area contributed by atoms with Crippen molar-refractivity contribution >= 4 is 0 Å². The lowest BCUT2D eigenvalue weighted by Crippen LogP contribution is -2.22. The summed E-state index contributed by atoms with van der Waals surface area (Å²) in [6.45, 7) is 0. The second-order valence-electron chi connectivity index (χ2n) is 8.38. The molecule has 0 saturated heterocycles. The molecule has 0 bridgehead atoms. The predicted octanol–water partition coefficient (Wildman–Crippen LogP) is 6.73. The molecule has 0 aromatic carbocycles. The van der Waals surface area contributed by atoms with Gasteiger partial charge in [0, 0.05) is 0 Å². The van der Waals surface area contributed by atoms with Gasteiger partial charge in [0.1, 0.15) is 0 Å². The van der Waals surface area contributed by atoms with E-state index in [9.17, 15) is 0 Å². The van der Waals surface area contributed by atoms with E-state index in [2.05, 4.69) is 0 Å². The zero-order valence-electron chi connectivity index (χ0n) is 13.6. The van der Waals surface area contributed by atoms with Crippen LogP contribution in [0.3, 0.4) is 0 Å². The molecule has 0 aromatic rings. The van der Waals surface area contributed by atoms with Gasteiger partial charge in [-0.05, 0) is 42.9 Å². The Kier molecular flexibility index (Phi) is 5.86. The summed E-state index contributed by atoms with van der Waals surface area (Å²) in [7, 11) is 0. The van der Waals surface area contributed by atoms with Crippen LogP contribution < -0.4 is 0 Å². The molecule has 0 N–H and O–H groups in total. The van der Waals surface area contributed by atoms with E-state index in [0.717, 1.165) is 23.7 Å². The second-order valence-corrected chi connectivity index (χ2v) is 8.38. The van der Waals surface area contributed by atoms with Gasteiger partial charge in [0.05, 0.1) is 0 Å². The average Bonchev–Trinajstić information content (AvgIpc) is 2.50. The van der Waals surface area contributed by atoms with Crippen LogP contribution in [-0.4, -0.2) is 0 Å². The van der Waals surface area contributed by atoms with Crippen LogP contribution in [0.15, 0.2) is 0 Å². The molecule has 0 heterocycles. The maximum Gasteiger partial charge on any atom is -0.0409 e. The van der Waals surface area contributed by atoms with Gasteiger partial charge in [-0.15, -0.1) is 0 Å². The van der Waals surface area contributed by atoms with Crippen LogP contribution in [-0.2, 0) is 0 Å². The van der Waals surface area contributed by atoms with E-state index in [0.29, 0.717) is 0 Å². The summed E-state index contributed by atoms with van der Waals surface area (Å²) in [5.74, 6) is 4.45. The zero-order chi connectivity index (χ0) is 13.6. The van der Waals surface area contributed by atoms with E-state index >= 15 is 0 Å². The fraction of sp³-hybridized carbons (Fsp3) is 1.00. The summed E-state index contributed by atoms with van der Waals surface area (Å²) in [4.78, 5) is 0. The van der Waals surface area contributed by atoms with E-state index in [4.69, 9.17) is 0 Å². The van der Waals surface area contributed by atoms with Crippen molar-refractivity contribution in [3.63, 3.8) is 0 Å². The van der Waals surface area contributed by atoms with Crippen LogP contribution in [0.25, 0.3) is 0 Å². The number of hydrogen-bond acceptors (Lipinski definition) is 0. The van der Waals surface area contributed by atoms with Crippen molar-refractivity contribution in [3.05, 3.63) is 0 Å². The Balaban J connectivity index is 1.41. The second kappa shape index (κ2) is 7.85. The van der Waals surface area contributed by atoms with Gasteiger partial charge in [-0.1, -0.05) is 83.5 Å². The lowest BCUT2D eigenvalue weighted by molar-refractivity contribution is 0.173. The Labute approximate surface area is 127 Å². The molecule has 0 aliphatic heterocycles. The Morgan fingerprint density at radius 2 is 0.800 bits per heavy atom. The molecule has 0 spiro atoms. The summed E-state index contributed by atoms with van der Waals surface area (Å²) in [6.07, 6.45) is 24.9. The van der Waals surface area contributed by atoms with E-state index in [1.807, 2.05) is 0 Å². The Morgan fingerprint density at radius 1 is 0.400 bits per heavy atom. The molecule has 2 atom stereocenters. The molecule has 3 aliphatic rings. The summed E-state index contributed by atoms with van der Waals surface area (Å²) >= 11 is 0. The number of hydrogen-bond donors (Lipinski definition) is 0. The molecule has 3 aliphatic carbocycles. The molecule has 20 heavy (non-hydrogen) atoms. The first-order valence-electron chi connectivity index (χ1n) is 9.90. The lowest BCUT2D eigenvalue weighted by atomic mass is 9.71. The lowest BCUT2D eigenvalue weighted by Gasteiger charge is -2.35. The third-order valence-corrected chi connectivity index (χ3v) is 6.67. The van der Waals surface area contributed by atoms with Crippen LogP contribution in [0.4, 0.5) is 0 Å². The minimum atomic E-state index is 1.11. The summed E-state index contributed by atoms with van der Waals surface area (Å²) < 4.78 is 0.